The number of carboxylic acid groups (broad SMARTS) is 1. The molecule has 0 saturated heterocycles. The van der Waals surface area contributed by atoms with Gasteiger partial charge in [-0.2, -0.15) is 0 Å². The summed E-state index contributed by atoms with van der Waals surface area (Å²) < 4.78 is 0. The average Bonchev–Trinajstić information content (AvgIpc) is 2.41. The van der Waals surface area contributed by atoms with Crippen molar-refractivity contribution >= 4 is 11.9 Å². The largest absolute Gasteiger partial charge is 0.481 e. The zero-order valence-electron chi connectivity index (χ0n) is 11.7. The first-order valence-electron chi connectivity index (χ1n) is 7.61. The van der Waals surface area contributed by atoms with Gasteiger partial charge in [-0.15, -0.1) is 0 Å². The summed E-state index contributed by atoms with van der Waals surface area (Å²) in [7, 11) is 0. The molecular formula is C15H25NO3. The minimum absolute atomic E-state index is 0.0216. The van der Waals surface area contributed by atoms with Gasteiger partial charge in [0.1, 0.15) is 0 Å². The van der Waals surface area contributed by atoms with Crippen LogP contribution < -0.4 is 5.32 Å². The molecule has 2 saturated carbocycles. The third-order valence-corrected chi connectivity index (χ3v) is 4.78. The third kappa shape index (κ3) is 3.71. The lowest BCUT2D eigenvalue weighted by molar-refractivity contribution is -0.149. The van der Waals surface area contributed by atoms with E-state index >= 15 is 0 Å². The number of hydrogen-bond donors (Lipinski definition) is 2. The monoisotopic (exact) mass is 267 g/mol. The van der Waals surface area contributed by atoms with Crippen LogP contribution in [0.3, 0.4) is 0 Å². The molecule has 2 fully saturated rings. The molecule has 2 N–H and O–H groups in total. The highest BCUT2D eigenvalue weighted by molar-refractivity contribution is 5.85. The summed E-state index contributed by atoms with van der Waals surface area (Å²) in [5.74, 6) is -0.861. The number of amides is 1. The van der Waals surface area contributed by atoms with E-state index in [9.17, 15) is 14.7 Å². The quantitative estimate of drug-likeness (QED) is 0.826. The average molecular weight is 267 g/mol. The lowest BCUT2D eigenvalue weighted by Crippen LogP contribution is -2.45. The molecule has 108 valence electrons. The number of hydrogen-bond acceptors (Lipinski definition) is 2. The van der Waals surface area contributed by atoms with Crippen molar-refractivity contribution in [2.45, 2.75) is 64.3 Å². The summed E-state index contributed by atoms with van der Waals surface area (Å²) in [5, 5.41) is 12.3. The smallest absolute Gasteiger partial charge is 0.307 e. The third-order valence-electron chi connectivity index (χ3n) is 4.78. The van der Waals surface area contributed by atoms with Gasteiger partial charge >= 0.3 is 5.97 Å². The summed E-state index contributed by atoms with van der Waals surface area (Å²) in [6.07, 6.45) is 7.69. The summed E-state index contributed by atoms with van der Waals surface area (Å²) in [6.45, 7) is 2.25. The fourth-order valence-electron chi connectivity index (χ4n) is 3.45. The molecule has 0 aromatic heterocycles. The Morgan fingerprint density at radius 3 is 2.11 bits per heavy atom. The number of carboxylic acids is 1. The molecule has 0 aliphatic heterocycles. The predicted octanol–water partition coefficient (Wildman–Crippen LogP) is 2.57. The normalized spacial score (nSPS) is 35.6. The van der Waals surface area contributed by atoms with Gasteiger partial charge in [-0.3, -0.25) is 9.59 Å². The van der Waals surface area contributed by atoms with Crippen molar-refractivity contribution in [2.24, 2.45) is 17.8 Å². The second kappa shape index (κ2) is 6.40. The number of carbonyl (C=O) groups excluding carboxylic acids is 1. The van der Waals surface area contributed by atoms with Gasteiger partial charge in [0.25, 0.3) is 0 Å². The Labute approximate surface area is 115 Å². The number of nitrogens with one attached hydrogen (secondary N) is 1. The van der Waals surface area contributed by atoms with Gasteiger partial charge in [0.2, 0.25) is 5.91 Å². The van der Waals surface area contributed by atoms with Crippen molar-refractivity contribution in [1.29, 1.82) is 0 Å². The Morgan fingerprint density at radius 1 is 0.947 bits per heavy atom. The maximum atomic E-state index is 12.3. The van der Waals surface area contributed by atoms with Crippen LogP contribution in [0, 0.1) is 17.8 Å². The molecule has 19 heavy (non-hydrogen) atoms. The van der Waals surface area contributed by atoms with Crippen LogP contribution in [0.15, 0.2) is 0 Å². The molecule has 2 rings (SSSR count). The topological polar surface area (TPSA) is 66.4 Å². The van der Waals surface area contributed by atoms with Crippen molar-refractivity contribution in [3.8, 4) is 0 Å². The molecule has 0 spiro atoms. The van der Waals surface area contributed by atoms with Crippen molar-refractivity contribution in [2.75, 3.05) is 0 Å². The molecule has 0 aromatic carbocycles. The van der Waals surface area contributed by atoms with Crippen molar-refractivity contribution in [3.63, 3.8) is 0 Å². The molecule has 0 aromatic rings. The summed E-state index contributed by atoms with van der Waals surface area (Å²) in [5.41, 5.74) is 0. The SMILES string of the molecule is CC1CCC(NC(=O)[C@@H]2CCCC[C@@H]2C(=O)O)CC1. The van der Waals surface area contributed by atoms with E-state index in [4.69, 9.17) is 0 Å². The standard InChI is InChI=1S/C15H25NO3/c1-10-6-8-11(9-7-10)16-14(17)12-4-2-3-5-13(12)15(18)19/h10-13H,2-9H2,1H3,(H,16,17)(H,18,19)/t10?,11?,12-,13+/m1/s1. The van der Waals surface area contributed by atoms with Gasteiger partial charge in [0.15, 0.2) is 0 Å². The zero-order chi connectivity index (χ0) is 13.8. The minimum Gasteiger partial charge on any atom is -0.481 e. The first kappa shape index (κ1) is 14.4. The maximum absolute atomic E-state index is 12.3. The Morgan fingerprint density at radius 2 is 1.53 bits per heavy atom. The van der Waals surface area contributed by atoms with E-state index in [1.807, 2.05) is 0 Å². The van der Waals surface area contributed by atoms with Crippen LogP contribution in [-0.4, -0.2) is 23.0 Å². The second-order valence-electron chi connectivity index (χ2n) is 6.30. The fraction of sp³-hybridized carbons (Fsp3) is 0.867. The molecule has 0 unspecified atom stereocenters. The molecule has 2 aliphatic carbocycles. The van der Waals surface area contributed by atoms with E-state index in [0.29, 0.717) is 6.42 Å². The van der Waals surface area contributed by atoms with E-state index in [0.717, 1.165) is 50.9 Å². The lowest BCUT2D eigenvalue weighted by atomic mass is 9.78. The molecule has 1 amide bonds. The number of rotatable bonds is 3. The van der Waals surface area contributed by atoms with E-state index in [1.54, 1.807) is 0 Å². The van der Waals surface area contributed by atoms with Crippen LogP contribution in [-0.2, 0) is 9.59 Å². The zero-order valence-corrected chi connectivity index (χ0v) is 11.7. The molecular weight excluding hydrogens is 242 g/mol. The first-order chi connectivity index (χ1) is 9.08. The van der Waals surface area contributed by atoms with Crippen LogP contribution in [0.2, 0.25) is 0 Å². The van der Waals surface area contributed by atoms with Crippen LogP contribution in [0.5, 0.6) is 0 Å². The maximum Gasteiger partial charge on any atom is 0.307 e. The molecule has 0 bridgehead atoms. The highest BCUT2D eigenvalue weighted by atomic mass is 16.4. The van der Waals surface area contributed by atoms with Crippen molar-refractivity contribution in [1.82, 2.24) is 5.32 Å². The minimum atomic E-state index is -0.808. The van der Waals surface area contributed by atoms with Crippen LogP contribution >= 0.6 is 0 Å². The molecule has 0 radical (unpaired) electrons. The van der Waals surface area contributed by atoms with Gasteiger partial charge in [-0.1, -0.05) is 19.8 Å². The fourth-order valence-corrected chi connectivity index (χ4v) is 3.45. The lowest BCUT2D eigenvalue weighted by Gasteiger charge is -2.31. The Balaban J connectivity index is 1.89. The summed E-state index contributed by atoms with van der Waals surface area (Å²) in [6, 6.07) is 0.264. The van der Waals surface area contributed by atoms with Gasteiger partial charge < -0.3 is 10.4 Å². The molecule has 4 nitrogen and oxygen atoms in total. The van der Waals surface area contributed by atoms with E-state index < -0.39 is 11.9 Å². The summed E-state index contributed by atoms with van der Waals surface area (Å²) in [4.78, 5) is 23.5. The molecule has 4 heteroatoms. The van der Waals surface area contributed by atoms with Crippen LogP contribution in [0.4, 0.5) is 0 Å². The Hall–Kier alpha value is -1.06. The van der Waals surface area contributed by atoms with Gasteiger partial charge in [-0.25, -0.2) is 0 Å². The van der Waals surface area contributed by atoms with Crippen molar-refractivity contribution < 1.29 is 14.7 Å². The Kier molecular flexibility index (Phi) is 4.83. The van der Waals surface area contributed by atoms with E-state index in [2.05, 4.69) is 12.2 Å². The van der Waals surface area contributed by atoms with E-state index in [1.165, 1.54) is 0 Å². The first-order valence-corrected chi connectivity index (χ1v) is 7.61. The Bertz CT molecular complexity index is 334. The highest BCUT2D eigenvalue weighted by Crippen LogP contribution is 2.31. The van der Waals surface area contributed by atoms with Gasteiger partial charge in [-0.05, 0) is 44.4 Å². The summed E-state index contributed by atoms with van der Waals surface area (Å²) >= 11 is 0. The number of aliphatic carboxylic acids is 1. The van der Waals surface area contributed by atoms with Crippen LogP contribution in [0.25, 0.3) is 0 Å². The highest BCUT2D eigenvalue weighted by Gasteiger charge is 2.36. The van der Waals surface area contributed by atoms with Crippen molar-refractivity contribution in [3.05, 3.63) is 0 Å². The molecule has 2 aliphatic rings. The van der Waals surface area contributed by atoms with Crippen LogP contribution in [0.1, 0.15) is 58.3 Å². The molecule has 0 heterocycles. The molecule has 2 atom stereocenters. The van der Waals surface area contributed by atoms with Gasteiger partial charge in [0, 0.05) is 6.04 Å². The number of carbonyl (C=O) groups is 2. The predicted molar refractivity (Wildman–Crippen MR) is 72.6 cm³/mol. The second-order valence-corrected chi connectivity index (χ2v) is 6.30. The van der Waals surface area contributed by atoms with Gasteiger partial charge in [0.05, 0.1) is 11.8 Å². The van der Waals surface area contributed by atoms with E-state index in [-0.39, 0.29) is 17.9 Å².